The van der Waals surface area contributed by atoms with Crippen molar-refractivity contribution < 1.29 is 32.6 Å². The van der Waals surface area contributed by atoms with Crippen LogP contribution in [0.4, 0.5) is 13.2 Å². The van der Waals surface area contributed by atoms with Gasteiger partial charge in [-0.1, -0.05) is 13.8 Å². The highest BCUT2D eigenvalue weighted by atomic mass is 32.1. The van der Waals surface area contributed by atoms with E-state index in [2.05, 4.69) is 23.8 Å². The van der Waals surface area contributed by atoms with Gasteiger partial charge in [0.05, 0.1) is 30.7 Å². The Morgan fingerprint density at radius 3 is 2.57 bits per heavy atom. The molecule has 30 heavy (non-hydrogen) atoms. The van der Waals surface area contributed by atoms with Crippen LogP contribution in [0.25, 0.3) is 0 Å². The predicted octanol–water partition coefficient (Wildman–Crippen LogP) is 2.92. The zero-order valence-corrected chi connectivity index (χ0v) is 17.5. The number of aryl methyl sites for hydroxylation is 1. The molecule has 0 radical (unpaired) electrons. The molecule has 1 amide bonds. The van der Waals surface area contributed by atoms with E-state index in [4.69, 9.17) is 14.6 Å². The maximum absolute atomic E-state index is 12.6. The van der Waals surface area contributed by atoms with Crippen molar-refractivity contribution in [3.8, 4) is 0 Å². The van der Waals surface area contributed by atoms with Crippen molar-refractivity contribution in [3.63, 3.8) is 0 Å². The second-order valence-corrected chi connectivity index (χ2v) is 7.90. The highest BCUT2D eigenvalue weighted by Gasteiger charge is 2.38. The lowest BCUT2D eigenvalue weighted by Crippen LogP contribution is -2.40. The number of amides is 1. The minimum atomic E-state index is -5.08. The number of imidazole rings is 1. The van der Waals surface area contributed by atoms with E-state index in [-0.39, 0.29) is 11.8 Å². The highest BCUT2D eigenvalue weighted by molar-refractivity contribution is 7.07. The number of carboxylic acid groups (broad SMARTS) is 1. The third kappa shape index (κ3) is 6.26. The normalized spacial score (nSPS) is 16.1. The summed E-state index contributed by atoms with van der Waals surface area (Å²) < 4.78 is 39.6. The summed E-state index contributed by atoms with van der Waals surface area (Å²) in [6.07, 6.45) is -3.27. The number of halogens is 3. The van der Waals surface area contributed by atoms with Crippen LogP contribution in [0, 0.1) is 5.92 Å². The lowest BCUT2D eigenvalue weighted by Gasteiger charge is -2.32. The van der Waals surface area contributed by atoms with Crippen LogP contribution in [0.3, 0.4) is 0 Å². The first-order chi connectivity index (χ1) is 14.0. The van der Waals surface area contributed by atoms with Crippen LogP contribution in [-0.2, 0) is 23.1 Å². The third-order valence-corrected chi connectivity index (χ3v) is 4.77. The fraction of sp³-hybridized carbons (Fsp3) is 0.556. The number of carboxylic acids is 1. The number of hydrogen-bond acceptors (Lipinski definition) is 6. The van der Waals surface area contributed by atoms with Crippen LogP contribution < -0.4 is 0 Å². The maximum Gasteiger partial charge on any atom is 0.490 e. The number of thiazole rings is 1. The van der Waals surface area contributed by atoms with Gasteiger partial charge < -0.3 is 19.3 Å². The topological polar surface area (TPSA) is 97.5 Å². The number of aromatic nitrogens is 3. The van der Waals surface area contributed by atoms with Crippen molar-refractivity contribution in [1.29, 1.82) is 0 Å². The van der Waals surface area contributed by atoms with Gasteiger partial charge in [-0.15, -0.1) is 11.3 Å². The summed E-state index contributed by atoms with van der Waals surface area (Å²) in [5.74, 6) is -2.14. The van der Waals surface area contributed by atoms with Crippen molar-refractivity contribution in [1.82, 2.24) is 19.4 Å². The summed E-state index contributed by atoms with van der Waals surface area (Å²) in [6.45, 7) is 6.77. The number of ether oxygens (including phenoxy) is 1. The number of carbonyl (C=O) groups excluding carboxylic acids is 1. The molecule has 2 aromatic heterocycles. The van der Waals surface area contributed by atoms with Gasteiger partial charge >= 0.3 is 12.1 Å². The summed E-state index contributed by atoms with van der Waals surface area (Å²) >= 11 is 1.44. The Labute approximate surface area is 175 Å². The fourth-order valence-electron chi connectivity index (χ4n) is 2.94. The summed E-state index contributed by atoms with van der Waals surface area (Å²) in [4.78, 5) is 31.9. The molecule has 3 heterocycles. The molecule has 1 aliphatic rings. The molecular formula is C18H23F3N4O4S. The molecule has 0 fully saturated rings. The second kappa shape index (κ2) is 10.0. The molecular weight excluding hydrogens is 425 g/mol. The first-order valence-corrected chi connectivity index (χ1v) is 10.00. The van der Waals surface area contributed by atoms with Gasteiger partial charge in [0.1, 0.15) is 5.69 Å². The molecule has 0 saturated heterocycles. The monoisotopic (exact) mass is 448 g/mol. The van der Waals surface area contributed by atoms with E-state index in [1.165, 1.54) is 17.0 Å². The first kappa shape index (κ1) is 23.8. The van der Waals surface area contributed by atoms with Crippen molar-refractivity contribution in [2.75, 3.05) is 19.8 Å². The smallest absolute Gasteiger partial charge is 0.475 e. The molecule has 0 bridgehead atoms. The van der Waals surface area contributed by atoms with Gasteiger partial charge in [-0.2, -0.15) is 13.2 Å². The predicted molar refractivity (Wildman–Crippen MR) is 102 cm³/mol. The van der Waals surface area contributed by atoms with E-state index < -0.39 is 12.1 Å². The number of aliphatic carboxylic acids is 1. The van der Waals surface area contributed by atoms with E-state index in [1.54, 1.807) is 10.9 Å². The van der Waals surface area contributed by atoms with Crippen molar-refractivity contribution in [2.45, 2.75) is 32.5 Å². The molecule has 0 aliphatic carbocycles. The lowest BCUT2D eigenvalue weighted by atomic mass is 9.98. The summed E-state index contributed by atoms with van der Waals surface area (Å²) in [5, 5.41) is 8.92. The molecule has 1 aliphatic heterocycles. The molecule has 2 aromatic rings. The Morgan fingerprint density at radius 1 is 1.37 bits per heavy atom. The summed E-state index contributed by atoms with van der Waals surface area (Å²) in [6, 6.07) is 0. The first-order valence-electron chi connectivity index (χ1n) is 9.06. The minimum absolute atomic E-state index is 0.0311. The number of hydrogen-bond donors (Lipinski definition) is 1. The van der Waals surface area contributed by atoms with Gasteiger partial charge in [0.2, 0.25) is 0 Å². The number of fused-ring (bicyclic) bond motifs is 1. The zero-order chi connectivity index (χ0) is 22.5. The third-order valence-electron chi connectivity index (χ3n) is 4.18. The molecule has 12 heteroatoms. The van der Waals surface area contributed by atoms with Crippen LogP contribution >= 0.6 is 11.3 Å². The van der Waals surface area contributed by atoms with Crippen molar-refractivity contribution in [2.24, 2.45) is 13.0 Å². The van der Waals surface area contributed by atoms with Crippen LogP contribution in [0.15, 0.2) is 17.2 Å². The average Bonchev–Trinajstić information content (AvgIpc) is 3.31. The minimum Gasteiger partial charge on any atom is -0.475 e. The van der Waals surface area contributed by atoms with E-state index in [9.17, 15) is 18.0 Å². The molecule has 3 rings (SSSR count). The second-order valence-electron chi connectivity index (χ2n) is 7.18. The Balaban J connectivity index is 0.000000396. The van der Waals surface area contributed by atoms with E-state index in [0.717, 1.165) is 12.3 Å². The Hall–Kier alpha value is -2.47. The zero-order valence-electron chi connectivity index (χ0n) is 16.7. The van der Waals surface area contributed by atoms with Gasteiger partial charge in [0.15, 0.2) is 0 Å². The molecule has 1 unspecified atom stereocenters. The number of carbonyl (C=O) groups is 2. The van der Waals surface area contributed by atoms with Crippen LogP contribution in [-0.4, -0.2) is 62.4 Å². The molecule has 0 saturated carbocycles. The number of rotatable bonds is 5. The highest BCUT2D eigenvalue weighted by Crippen LogP contribution is 2.28. The van der Waals surface area contributed by atoms with E-state index in [1.807, 2.05) is 22.8 Å². The fourth-order valence-corrected chi connectivity index (χ4v) is 3.47. The SMILES string of the molecule is CC(C)COCC1CN(C(=O)c2cscn2)Cc2ncn(C)c21.O=C(O)C(F)(F)F. The molecule has 1 atom stereocenters. The van der Waals surface area contributed by atoms with Gasteiger partial charge in [0.25, 0.3) is 5.91 Å². The lowest BCUT2D eigenvalue weighted by molar-refractivity contribution is -0.192. The number of alkyl halides is 3. The quantitative estimate of drug-likeness (QED) is 0.756. The summed E-state index contributed by atoms with van der Waals surface area (Å²) in [7, 11) is 2.00. The van der Waals surface area contributed by atoms with E-state index >= 15 is 0 Å². The Bertz CT molecular complexity index is 852. The average molecular weight is 448 g/mol. The summed E-state index contributed by atoms with van der Waals surface area (Å²) in [5.41, 5.74) is 4.33. The van der Waals surface area contributed by atoms with Crippen LogP contribution in [0.5, 0.6) is 0 Å². The van der Waals surface area contributed by atoms with Gasteiger partial charge in [-0.3, -0.25) is 4.79 Å². The van der Waals surface area contributed by atoms with Gasteiger partial charge in [-0.25, -0.2) is 14.8 Å². The van der Waals surface area contributed by atoms with E-state index in [0.29, 0.717) is 31.3 Å². The van der Waals surface area contributed by atoms with Gasteiger partial charge in [0, 0.05) is 37.2 Å². The molecule has 0 aromatic carbocycles. The molecule has 0 spiro atoms. The largest absolute Gasteiger partial charge is 0.490 e. The van der Waals surface area contributed by atoms with Crippen LogP contribution in [0.2, 0.25) is 0 Å². The Morgan fingerprint density at radius 2 is 2.03 bits per heavy atom. The maximum atomic E-state index is 12.6. The standard InChI is InChI=1S/C16H22N4O2S.C2HF3O2/c1-11(2)6-22-7-12-4-20(16(21)14-8-23-10-18-14)5-13-15(12)19(3)9-17-13;3-2(4,5)1(6)7/h8-12H,4-7H2,1-3H3;(H,6,7). The van der Waals surface area contributed by atoms with Crippen molar-refractivity contribution >= 4 is 23.2 Å². The van der Waals surface area contributed by atoms with Gasteiger partial charge in [-0.05, 0) is 5.92 Å². The van der Waals surface area contributed by atoms with Crippen LogP contribution in [0.1, 0.15) is 41.6 Å². The van der Waals surface area contributed by atoms with Crippen molar-refractivity contribution in [3.05, 3.63) is 34.3 Å². The molecule has 166 valence electrons. The Kier molecular flexibility index (Phi) is 7.96. The number of nitrogens with zero attached hydrogens (tertiary/aromatic N) is 4. The molecule has 1 N–H and O–H groups in total. The molecule has 8 nitrogen and oxygen atoms in total.